The number of ether oxygens (including phenoxy) is 1. The van der Waals surface area contributed by atoms with Crippen LogP contribution < -0.4 is 15.4 Å². The van der Waals surface area contributed by atoms with Crippen molar-refractivity contribution in [1.82, 2.24) is 14.9 Å². The Balaban J connectivity index is 2.05. The first-order chi connectivity index (χ1) is 9.20. The number of amides is 2. The highest BCUT2D eigenvalue weighted by molar-refractivity contribution is 5.72. The second-order valence-electron chi connectivity index (χ2n) is 4.31. The summed E-state index contributed by atoms with van der Waals surface area (Å²) >= 11 is 0. The van der Waals surface area contributed by atoms with Crippen molar-refractivity contribution >= 4 is 11.8 Å². The van der Waals surface area contributed by atoms with Crippen LogP contribution in [0.15, 0.2) is 12.4 Å². The lowest BCUT2D eigenvalue weighted by Gasteiger charge is -2.22. The molecule has 19 heavy (non-hydrogen) atoms. The Morgan fingerprint density at radius 2 is 2.21 bits per heavy atom. The van der Waals surface area contributed by atoms with Gasteiger partial charge in [-0.05, 0) is 13.3 Å². The number of rotatable bonds is 3. The minimum absolute atomic E-state index is 0.362. The fraction of sp³-hybridized carbons (Fsp3) is 0.583. The molecule has 1 aromatic rings. The molecule has 0 spiro atoms. The van der Waals surface area contributed by atoms with Crippen LogP contribution in [0.3, 0.4) is 0 Å². The van der Waals surface area contributed by atoms with Crippen LogP contribution in [0.4, 0.5) is 10.6 Å². The second kappa shape index (κ2) is 6.21. The van der Waals surface area contributed by atoms with Gasteiger partial charge in [0.1, 0.15) is 12.1 Å². The van der Waals surface area contributed by atoms with E-state index in [0.29, 0.717) is 32.1 Å². The van der Waals surface area contributed by atoms with E-state index in [0.717, 1.165) is 18.8 Å². The SMILES string of the molecule is CCOc1cc(N2CCCN(C(N)=O)CC2)ncn1. The quantitative estimate of drug-likeness (QED) is 0.858. The molecule has 0 radical (unpaired) electrons. The van der Waals surface area contributed by atoms with Crippen molar-refractivity contribution in [2.45, 2.75) is 13.3 Å². The molecule has 7 heteroatoms. The van der Waals surface area contributed by atoms with Gasteiger partial charge in [-0.2, -0.15) is 0 Å². The van der Waals surface area contributed by atoms with Crippen molar-refractivity contribution in [3.05, 3.63) is 12.4 Å². The van der Waals surface area contributed by atoms with E-state index in [-0.39, 0.29) is 6.03 Å². The lowest BCUT2D eigenvalue weighted by molar-refractivity contribution is 0.211. The molecule has 2 amide bonds. The normalized spacial score (nSPS) is 16.1. The average molecular weight is 265 g/mol. The Kier molecular flexibility index (Phi) is 4.38. The number of anilines is 1. The summed E-state index contributed by atoms with van der Waals surface area (Å²) in [6.45, 7) is 5.35. The zero-order valence-corrected chi connectivity index (χ0v) is 11.1. The number of hydrogen-bond donors (Lipinski definition) is 1. The summed E-state index contributed by atoms with van der Waals surface area (Å²) in [5.41, 5.74) is 5.31. The predicted octanol–water partition coefficient (Wildman–Crippen LogP) is 0.466. The third-order valence-electron chi connectivity index (χ3n) is 3.05. The largest absolute Gasteiger partial charge is 0.478 e. The Morgan fingerprint density at radius 3 is 2.95 bits per heavy atom. The van der Waals surface area contributed by atoms with Gasteiger partial charge in [0.15, 0.2) is 0 Å². The van der Waals surface area contributed by atoms with E-state index in [2.05, 4.69) is 14.9 Å². The molecule has 0 unspecified atom stereocenters. The van der Waals surface area contributed by atoms with E-state index in [9.17, 15) is 4.79 Å². The van der Waals surface area contributed by atoms with Crippen LogP contribution in [-0.2, 0) is 0 Å². The lowest BCUT2D eigenvalue weighted by Crippen LogP contribution is -2.38. The van der Waals surface area contributed by atoms with Gasteiger partial charge in [-0.25, -0.2) is 14.8 Å². The van der Waals surface area contributed by atoms with Crippen LogP contribution in [0.2, 0.25) is 0 Å². The maximum absolute atomic E-state index is 11.2. The highest BCUT2D eigenvalue weighted by atomic mass is 16.5. The zero-order chi connectivity index (χ0) is 13.7. The highest BCUT2D eigenvalue weighted by Gasteiger charge is 2.18. The van der Waals surface area contributed by atoms with Crippen molar-refractivity contribution in [2.75, 3.05) is 37.7 Å². The second-order valence-corrected chi connectivity index (χ2v) is 4.31. The van der Waals surface area contributed by atoms with E-state index < -0.39 is 0 Å². The number of carbonyl (C=O) groups is 1. The molecule has 1 aliphatic rings. The van der Waals surface area contributed by atoms with Gasteiger partial charge < -0.3 is 20.3 Å². The zero-order valence-electron chi connectivity index (χ0n) is 11.1. The summed E-state index contributed by atoms with van der Waals surface area (Å²) in [7, 11) is 0. The van der Waals surface area contributed by atoms with Gasteiger partial charge in [0.25, 0.3) is 0 Å². The molecule has 0 aliphatic carbocycles. The summed E-state index contributed by atoms with van der Waals surface area (Å²) in [5, 5.41) is 0. The van der Waals surface area contributed by atoms with E-state index in [1.54, 1.807) is 4.90 Å². The molecular weight excluding hydrogens is 246 g/mol. The van der Waals surface area contributed by atoms with Crippen molar-refractivity contribution in [3.8, 4) is 5.88 Å². The number of hydrogen-bond acceptors (Lipinski definition) is 5. The third-order valence-corrected chi connectivity index (χ3v) is 3.05. The van der Waals surface area contributed by atoms with Crippen LogP contribution in [0.5, 0.6) is 5.88 Å². The molecule has 2 N–H and O–H groups in total. The molecule has 0 bridgehead atoms. The molecule has 2 rings (SSSR count). The molecule has 0 aromatic carbocycles. The van der Waals surface area contributed by atoms with E-state index in [1.807, 2.05) is 13.0 Å². The molecule has 1 fully saturated rings. The summed E-state index contributed by atoms with van der Waals surface area (Å²) in [6, 6.07) is 1.46. The Morgan fingerprint density at radius 1 is 1.37 bits per heavy atom. The number of nitrogens with zero attached hydrogens (tertiary/aromatic N) is 4. The standard InChI is InChI=1S/C12H19N5O2/c1-2-19-11-8-10(14-9-15-11)16-4-3-5-17(7-6-16)12(13)18/h8-9H,2-7H2,1H3,(H2,13,18). The van der Waals surface area contributed by atoms with E-state index in [1.165, 1.54) is 6.33 Å². The smallest absolute Gasteiger partial charge is 0.314 e. The summed E-state index contributed by atoms with van der Waals surface area (Å²) in [4.78, 5) is 23.3. The molecular formula is C12H19N5O2. The highest BCUT2D eigenvalue weighted by Crippen LogP contribution is 2.17. The fourth-order valence-corrected chi connectivity index (χ4v) is 2.10. The van der Waals surface area contributed by atoms with Crippen molar-refractivity contribution in [3.63, 3.8) is 0 Å². The van der Waals surface area contributed by atoms with Gasteiger partial charge in [-0.3, -0.25) is 0 Å². The van der Waals surface area contributed by atoms with E-state index in [4.69, 9.17) is 10.5 Å². The Bertz CT molecular complexity index is 440. The minimum Gasteiger partial charge on any atom is -0.478 e. The minimum atomic E-state index is -0.362. The van der Waals surface area contributed by atoms with Crippen LogP contribution in [0.25, 0.3) is 0 Å². The average Bonchev–Trinajstić information content (AvgIpc) is 2.65. The van der Waals surface area contributed by atoms with Crippen molar-refractivity contribution in [2.24, 2.45) is 5.73 Å². The van der Waals surface area contributed by atoms with Gasteiger partial charge in [0.05, 0.1) is 6.61 Å². The first-order valence-electron chi connectivity index (χ1n) is 6.45. The number of primary amides is 1. The first-order valence-corrected chi connectivity index (χ1v) is 6.45. The molecule has 1 saturated heterocycles. The molecule has 1 aliphatic heterocycles. The van der Waals surface area contributed by atoms with Crippen LogP contribution in [-0.4, -0.2) is 53.7 Å². The van der Waals surface area contributed by atoms with Crippen LogP contribution >= 0.6 is 0 Å². The Hall–Kier alpha value is -2.05. The summed E-state index contributed by atoms with van der Waals surface area (Å²) in [5.74, 6) is 1.40. The monoisotopic (exact) mass is 265 g/mol. The molecule has 1 aromatic heterocycles. The number of carbonyl (C=O) groups excluding carboxylic acids is 1. The van der Waals surface area contributed by atoms with Gasteiger partial charge in [0.2, 0.25) is 5.88 Å². The molecule has 0 saturated carbocycles. The Labute approximate surface area is 112 Å². The predicted molar refractivity (Wildman–Crippen MR) is 71.2 cm³/mol. The number of urea groups is 1. The molecule has 0 atom stereocenters. The number of nitrogens with two attached hydrogens (primary N) is 1. The summed E-state index contributed by atoms with van der Waals surface area (Å²) in [6.07, 6.45) is 2.37. The molecule has 7 nitrogen and oxygen atoms in total. The lowest BCUT2D eigenvalue weighted by atomic mass is 10.4. The molecule has 104 valence electrons. The summed E-state index contributed by atoms with van der Waals surface area (Å²) < 4.78 is 5.37. The topological polar surface area (TPSA) is 84.6 Å². The van der Waals surface area contributed by atoms with Crippen molar-refractivity contribution in [1.29, 1.82) is 0 Å². The first kappa shape index (κ1) is 13.4. The fourth-order valence-electron chi connectivity index (χ4n) is 2.10. The van der Waals surface area contributed by atoms with Gasteiger partial charge in [-0.15, -0.1) is 0 Å². The van der Waals surface area contributed by atoms with Gasteiger partial charge >= 0.3 is 6.03 Å². The maximum Gasteiger partial charge on any atom is 0.314 e. The van der Waals surface area contributed by atoms with Crippen LogP contribution in [0, 0.1) is 0 Å². The maximum atomic E-state index is 11.2. The van der Waals surface area contributed by atoms with Crippen molar-refractivity contribution < 1.29 is 9.53 Å². The third kappa shape index (κ3) is 3.46. The number of aromatic nitrogens is 2. The van der Waals surface area contributed by atoms with E-state index >= 15 is 0 Å². The molecule has 2 heterocycles. The van der Waals surface area contributed by atoms with Crippen LogP contribution in [0.1, 0.15) is 13.3 Å². The van der Waals surface area contributed by atoms with Gasteiger partial charge in [-0.1, -0.05) is 0 Å². The van der Waals surface area contributed by atoms with Gasteiger partial charge in [0, 0.05) is 32.2 Å².